The lowest BCUT2D eigenvalue weighted by molar-refractivity contribution is -0.119. The molecule has 0 saturated heterocycles. The summed E-state index contributed by atoms with van der Waals surface area (Å²) in [5.41, 5.74) is 1.36. The van der Waals surface area contributed by atoms with Crippen molar-refractivity contribution in [1.82, 2.24) is 25.3 Å². The summed E-state index contributed by atoms with van der Waals surface area (Å²) in [6.45, 7) is 2.40. The van der Waals surface area contributed by atoms with Crippen molar-refractivity contribution in [3.05, 3.63) is 54.0 Å². The lowest BCUT2D eigenvalue weighted by Crippen LogP contribution is -2.19. The summed E-state index contributed by atoms with van der Waals surface area (Å²) >= 11 is 0. The van der Waals surface area contributed by atoms with Gasteiger partial charge in [0, 0.05) is 13.0 Å². The fourth-order valence-corrected chi connectivity index (χ4v) is 2.25. The number of nitrogens with one attached hydrogen (secondary N) is 1. The van der Waals surface area contributed by atoms with Gasteiger partial charge >= 0.3 is 0 Å². The maximum Gasteiger partial charge on any atom is 0.217 e. The fraction of sp³-hybridized carbons (Fsp3) is 0.294. The van der Waals surface area contributed by atoms with Crippen LogP contribution in [0.15, 0.2) is 41.3 Å². The second kappa shape index (κ2) is 8.15. The minimum Gasteiger partial charge on any atom is -0.497 e. The van der Waals surface area contributed by atoms with Crippen molar-refractivity contribution in [2.75, 3.05) is 7.11 Å². The number of benzene rings is 1. The number of methoxy groups -OCH3 is 1. The largest absolute Gasteiger partial charge is 0.497 e. The van der Waals surface area contributed by atoms with E-state index < -0.39 is 0 Å². The SMILES string of the molecule is COc1cccc(OCc2cn(Cc3ncoc3CNC(C)=O)nn2)c1. The molecule has 0 bridgehead atoms. The number of amides is 1. The Labute approximate surface area is 149 Å². The summed E-state index contributed by atoms with van der Waals surface area (Å²) in [4.78, 5) is 15.2. The molecule has 3 rings (SSSR count). The average molecular weight is 357 g/mol. The molecule has 9 heteroatoms. The number of nitrogens with zero attached hydrogens (tertiary/aromatic N) is 4. The Morgan fingerprint density at radius 1 is 1.35 bits per heavy atom. The van der Waals surface area contributed by atoms with E-state index in [9.17, 15) is 4.79 Å². The van der Waals surface area contributed by atoms with Crippen molar-refractivity contribution in [2.45, 2.75) is 26.6 Å². The zero-order valence-electron chi connectivity index (χ0n) is 14.5. The first kappa shape index (κ1) is 17.5. The molecule has 0 aliphatic carbocycles. The molecule has 1 aromatic carbocycles. The van der Waals surface area contributed by atoms with Crippen LogP contribution < -0.4 is 14.8 Å². The highest BCUT2D eigenvalue weighted by atomic mass is 16.5. The van der Waals surface area contributed by atoms with Crippen molar-refractivity contribution >= 4 is 5.91 Å². The van der Waals surface area contributed by atoms with Crippen LogP contribution in [-0.2, 0) is 24.5 Å². The number of carbonyl (C=O) groups excluding carboxylic acids is 1. The van der Waals surface area contributed by atoms with Crippen molar-refractivity contribution in [3.8, 4) is 11.5 Å². The standard InChI is InChI=1S/C17H19N5O4/c1-12(23)18-7-17-16(19-11-26-17)9-22-8-13(20-21-22)10-25-15-5-3-4-14(6-15)24-2/h3-6,8,11H,7,9-10H2,1-2H3,(H,18,23). The highest BCUT2D eigenvalue weighted by Crippen LogP contribution is 2.19. The second-order valence-corrected chi connectivity index (χ2v) is 5.51. The van der Waals surface area contributed by atoms with Gasteiger partial charge in [-0.25, -0.2) is 9.67 Å². The van der Waals surface area contributed by atoms with Gasteiger partial charge in [0.25, 0.3) is 0 Å². The molecular weight excluding hydrogens is 338 g/mol. The monoisotopic (exact) mass is 357 g/mol. The predicted molar refractivity (Wildman–Crippen MR) is 90.5 cm³/mol. The van der Waals surface area contributed by atoms with Crippen LogP contribution in [-0.4, -0.2) is 33.0 Å². The zero-order valence-corrected chi connectivity index (χ0v) is 14.5. The zero-order chi connectivity index (χ0) is 18.4. The van der Waals surface area contributed by atoms with E-state index in [4.69, 9.17) is 13.9 Å². The summed E-state index contributed by atoms with van der Waals surface area (Å²) in [5.74, 6) is 1.87. The number of rotatable bonds is 8. The van der Waals surface area contributed by atoms with E-state index in [1.807, 2.05) is 18.2 Å². The van der Waals surface area contributed by atoms with Crippen molar-refractivity contribution in [2.24, 2.45) is 0 Å². The summed E-state index contributed by atoms with van der Waals surface area (Å²) in [6, 6.07) is 7.34. The lowest BCUT2D eigenvalue weighted by Gasteiger charge is -2.05. The molecule has 0 radical (unpaired) electrons. The number of aromatic nitrogens is 4. The molecule has 0 fully saturated rings. The van der Waals surface area contributed by atoms with E-state index in [-0.39, 0.29) is 19.1 Å². The van der Waals surface area contributed by atoms with Crippen molar-refractivity contribution in [1.29, 1.82) is 0 Å². The van der Waals surface area contributed by atoms with Gasteiger partial charge in [-0.05, 0) is 12.1 Å². The molecule has 0 spiro atoms. The van der Waals surface area contributed by atoms with E-state index in [2.05, 4.69) is 20.6 Å². The minimum atomic E-state index is -0.134. The first-order chi connectivity index (χ1) is 12.6. The number of ether oxygens (including phenoxy) is 2. The molecule has 136 valence electrons. The van der Waals surface area contributed by atoms with Crippen molar-refractivity contribution in [3.63, 3.8) is 0 Å². The third kappa shape index (κ3) is 4.59. The molecule has 0 aliphatic heterocycles. The Hall–Kier alpha value is -3.36. The highest BCUT2D eigenvalue weighted by molar-refractivity contribution is 5.72. The van der Waals surface area contributed by atoms with E-state index in [1.54, 1.807) is 24.1 Å². The number of hydrogen-bond acceptors (Lipinski definition) is 7. The van der Waals surface area contributed by atoms with Gasteiger partial charge in [-0.15, -0.1) is 5.10 Å². The number of carbonyl (C=O) groups is 1. The maximum atomic E-state index is 11.0. The third-order valence-corrected chi connectivity index (χ3v) is 3.55. The maximum absolute atomic E-state index is 11.0. The quantitative estimate of drug-likeness (QED) is 0.652. The van der Waals surface area contributed by atoms with Crippen LogP contribution in [0.5, 0.6) is 11.5 Å². The molecule has 1 amide bonds. The van der Waals surface area contributed by atoms with Crippen LogP contribution in [0.25, 0.3) is 0 Å². The van der Waals surface area contributed by atoms with E-state index in [0.717, 1.165) is 5.75 Å². The molecular formula is C17H19N5O4. The Morgan fingerprint density at radius 2 is 2.19 bits per heavy atom. The predicted octanol–water partition coefficient (Wildman–Crippen LogP) is 1.54. The first-order valence-electron chi connectivity index (χ1n) is 7.95. The Bertz CT molecular complexity index is 873. The lowest BCUT2D eigenvalue weighted by atomic mass is 10.3. The van der Waals surface area contributed by atoms with Gasteiger partial charge in [-0.1, -0.05) is 11.3 Å². The van der Waals surface area contributed by atoms with Gasteiger partial charge in [-0.3, -0.25) is 4.79 Å². The summed E-state index contributed by atoms with van der Waals surface area (Å²) in [7, 11) is 1.61. The third-order valence-electron chi connectivity index (χ3n) is 3.55. The van der Waals surface area contributed by atoms with E-state index in [1.165, 1.54) is 13.3 Å². The molecule has 0 atom stereocenters. The van der Waals surface area contributed by atoms with Crippen LogP contribution in [0.2, 0.25) is 0 Å². The Kier molecular flexibility index (Phi) is 5.47. The topological polar surface area (TPSA) is 104 Å². The second-order valence-electron chi connectivity index (χ2n) is 5.51. The first-order valence-corrected chi connectivity index (χ1v) is 7.95. The minimum absolute atomic E-state index is 0.134. The van der Waals surface area contributed by atoms with Crippen LogP contribution >= 0.6 is 0 Å². The average Bonchev–Trinajstić information content (AvgIpc) is 3.28. The van der Waals surface area contributed by atoms with Gasteiger partial charge in [0.05, 0.1) is 26.4 Å². The van der Waals surface area contributed by atoms with Gasteiger partial charge in [0.2, 0.25) is 5.91 Å². The molecule has 1 N–H and O–H groups in total. The van der Waals surface area contributed by atoms with Gasteiger partial charge in [-0.2, -0.15) is 0 Å². The number of oxazole rings is 1. The smallest absolute Gasteiger partial charge is 0.217 e. The molecule has 0 saturated carbocycles. The van der Waals surface area contributed by atoms with Crippen LogP contribution in [0.4, 0.5) is 0 Å². The molecule has 9 nitrogen and oxygen atoms in total. The van der Waals surface area contributed by atoms with Crippen molar-refractivity contribution < 1.29 is 18.7 Å². The molecule has 2 heterocycles. The summed E-state index contributed by atoms with van der Waals surface area (Å²) < 4.78 is 17.8. The molecule has 2 aromatic heterocycles. The van der Waals surface area contributed by atoms with Gasteiger partial charge < -0.3 is 19.2 Å². The molecule has 0 unspecified atom stereocenters. The van der Waals surface area contributed by atoms with Crippen LogP contribution in [0.1, 0.15) is 24.1 Å². The fourth-order valence-electron chi connectivity index (χ4n) is 2.25. The molecule has 3 aromatic rings. The Balaban J connectivity index is 1.58. The van der Waals surface area contributed by atoms with E-state index in [0.29, 0.717) is 29.4 Å². The van der Waals surface area contributed by atoms with Gasteiger partial charge in [0.1, 0.15) is 35.3 Å². The normalized spacial score (nSPS) is 10.5. The van der Waals surface area contributed by atoms with Gasteiger partial charge in [0.15, 0.2) is 6.39 Å². The molecule has 26 heavy (non-hydrogen) atoms. The van der Waals surface area contributed by atoms with Crippen LogP contribution in [0.3, 0.4) is 0 Å². The molecule has 0 aliphatic rings. The summed E-state index contributed by atoms with van der Waals surface area (Å²) in [6.07, 6.45) is 3.12. The van der Waals surface area contributed by atoms with E-state index >= 15 is 0 Å². The Morgan fingerprint density at radius 3 is 3.00 bits per heavy atom. The number of hydrogen-bond donors (Lipinski definition) is 1. The summed E-state index contributed by atoms with van der Waals surface area (Å²) in [5, 5.41) is 10.8. The highest BCUT2D eigenvalue weighted by Gasteiger charge is 2.11. The van der Waals surface area contributed by atoms with Crippen LogP contribution in [0, 0.1) is 0 Å².